The Morgan fingerprint density at radius 1 is 1.00 bits per heavy atom. The second-order valence-electron chi connectivity index (χ2n) is 11.4. The number of rotatable bonds is 8. The van der Waals surface area contributed by atoms with Crippen molar-refractivity contribution in [3.05, 3.63) is 75.5 Å². The summed E-state index contributed by atoms with van der Waals surface area (Å²) >= 11 is 0. The molecule has 1 aliphatic carbocycles. The third kappa shape index (κ3) is 7.03. The molecule has 1 aliphatic rings. The molecule has 0 atom stereocenters. The lowest BCUT2D eigenvalue weighted by atomic mass is 9.92. The molecule has 1 saturated carbocycles. The number of hydrogen-bond acceptors (Lipinski definition) is 6. The van der Waals surface area contributed by atoms with Crippen LogP contribution in [0.1, 0.15) is 63.1 Å². The Labute approximate surface area is 239 Å². The minimum absolute atomic E-state index is 0.111. The Kier molecular flexibility index (Phi) is 8.68. The largest absolute Gasteiger partial charge is 0.490 e. The first kappa shape index (κ1) is 30.0. The fraction of sp³-hybridized carbons (Fsp3) is 0.406. The van der Waals surface area contributed by atoms with Crippen LogP contribution in [0.3, 0.4) is 0 Å². The molecule has 0 saturated heterocycles. The van der Waals surface area contributed by atoms with Gasteiger partial charge < -0.3 is 24.5 Å². The van der Waals surface area contributed by atoms with Crippen LogP contribution in [0.5, 0.6) is 17.2 Å². The fourth-order valence-electron chi connectivity index (χ4n) is 5.08. The van der Waals surface area contributed by atoms with Crippen molar-refractivity contribution in [1.82, 2.24) is 9.88 Å². The highest BCUT2D eigenvalue weighted by Crippen LogP contribution is 2.42. The van der Waals surface area contributed by atoms with Gasteiger partial charge in [0.1, 0.15) is 23.1 Å². The number of aliphatic hydroxyl groups is 1. The average molecular weight is 565 g/mol. The van der Waals surface area contributed by atoms with Crippen molar-refractivity contribution in [2.45, 2.75) is 78.0 Å². The van der Waals surface area contributed by atoms with Crippen LogP contribution in [0, 0.1) is 19.7 Å². The monoisotopic (exact) mass is 564 g/mol. The lowest BCUT2D eigenvalue weighted by Gasteiger charge is -2.30. The van der Waals surface area contributed by atoms with Crippen LogP contribution >= 0.6 is 0 Å². The number of nitrogens with zero attached hydrogens (tertiary/aromatic N) is 1. The summed E-state index contributed by atoms with van der Waals surface area (Å²) < 4.78 is 28.2. The molecule has 0 radical (unpaired) electrons. The SMILES string of the molecule is CC(=O)C(=O)NC1CCC(Oc2cc(=O)n(C)cc2-c2cc(C(C)(C)O)ccc2Oc2c(C)cc(F)cc2C)CC1. The molecule has 2 N–H and O–H groups in total. The third-order valence-corrected chi connectivity index (χ3v) is 7.43. The summed E-state index contributed by atoms with van der Waals surface area (Å²) in [5, 5.41) is 13.5. The molecule has 0 unspecified atom stereocenters. The molecule has 1 amide bonds. The highest BCUT2D eigenvalue weighted by molar-refractivity contribution is 6.35. The van der Waals surface area contributed by atoms with Crippen molar-refractivity contribution < 1.29 is 28.6 Å². The van der Waals surface area contributed by atoms with Gasteiger partial charge in [-0.3, -0.25) is 14.4 Å². The Bertz CT molecular complexity index is 1510. The van der Waals surface area contributed by atoms with Crippen molar-refractivity contribution in [2.24, 2.45) is 7.05 Å². The summed E-state index contributed by atoms with van der Waals surface area (Å²) in [4.78, 5) is 35.8. The molecule has 0 aliphatic heterocycles. The molecule has 8 nitrogen and oxygen atoms in total. The molecule has 2 aromatic carbocycles. The summed E-state index contributed by atoms with van der Waals surface area (Å²) in [6.07, 6.45) is 3.98. The zero-order valence-corrected chi connectivity index (χ0v) is 24.3. The number of ketones is 1. The van der Waals surface area contributed by atoms with Crippen LogP contribution in [0.2, 0.25) is 0 Å². The maximum atomic E-state index is 14.0. The number of amides is 1. The summed E-state index contributed by atoms with van der Waals surface area (Å²) in [7, 11) is 1.65. The molecular formula is C32H37FN2O6. The van der Waals surface area contributed by atoms with E-state index in [-0.39, 0.29) is 23.5 Å². The Balaban J connectivity index is 1.72. The predicted octanol–water partition coefficient (Wildman–Crippen LogP) is 5.22. The fourth-order valence-corrected chi connectivity index (χ4v) is 5.08. The number of carbonyl (C=O) groups excluding carboxylic acids is 2. The maximum Gasteiger partial charge on any atom is 0.287 e. The molecule has 1 fully saturated rings. The highest BCUT2D eigenvalue weighted by Gasteiger charge is 2.27. The number of pyridine rings is 1. The van der Waals surface area contributed by atoms with Crippen molar-refractivity contribution in [3.8, 4) is 28.4 Å². The first-order valence-corrected chi connectivity index (χ1v) is 13.7. The van der Waals surface area contributed by atoms with Crippen molar-refractivity contribution in [3.63, 3.8) is 0 Å². The van der Waals surface area contributed by atoms with Gasteiger partial charge >= 0.3 is 0 Å². The lowest BCUT2D eigenvalue weighted by molar-refractivity contribution is -0.137. The standard InChI is InChI=1S/C32H37FN2O6/c1-18-13-22(33)14-19(2)30(18)41-27-12-7-21(32(4,5)39)15-25(27)26-17-35(6)29(37)16-28(26)40-24-10-8-23(9-11-24)34-31(38)20(3)36/h7,12-17,23-24,39H,8-11H2,1-6H3,(H,34,38). The Hall–Kier alpha value is -3.98. The van der Waals surface area contributed by atoms with Gasteiger partial charge in [0, 0.05) is 43.4 Å². The number of nitrogens with one attached hydrogen (secondary N) is 1. The van der Waals surface area contributed by atoms with E-state index in [9.17, 15) is 23.9 Å². The molecular weight excluding hydrogens is 527 g/mol. The second kappa shape index (κ2) is 11.9. The van der Waals surface area contributed by atoms with Gasteiger partial charge in [0.25, 0.3) is 11.5 Å². The quantitative estimate of drug-likeness (QED) is 0.363. The molecule has 1 aromatic heterocycles. The zero-order chi connectivity index (χ0) is 30.1. The molecule has 4 rings (SSSR count). The molecule has 218 valence electrons. The number of Topliss-reactive ketones (excluding diaryl/α,β-unsaturated/α-hetero) is 1. The molecule has 3 aromatic rings. The normalized spacial score (nSPS) is 17.2. The van der Waals surface area contributed by atoms with Crippen molar-refractivity contribution >= 4 is 11.7 Å². The van der Waals surface area contributed by atoms with Gasteiger partial charge in [-0.2, -0.15) is 0 Å². The van der Waals surface area contributed by atoms with Gasteiger partial charge in [0.2, 0.25) is 5.78 Å². The van der Waals surface area contributed by atoms with E-state index in [2.05, 4.69) is 5.32 Å². The number of ether oxygens (including phenoxy) is 2. The van der Waals surface area contributed by atoms with E-state index < -0.39 is 17.3 Å². The second-order valence-corrected chi connectivity index (χ2v) is 11.4. The molecule has 0 bridgehead atoms. The van der Waals surface area contributed by atoms with Gasteiger partial charge in [-0.15, -0.1) is 0 Å². The number of halogens is 1. The van der Waals surface area contributed by atoms with Crippen LogP contribution in [0.25, 0.3) is 11.1 Å². The van der Waals surface area contributed by atoms with E-state index in [4.69, 9.17) is 9.47 Å². The number of aryl methyl sites for hydroxylation is 3. The van der Waals surface area contributed by atoms with Crippen LogP contribution in [0.4, 0.5) is 4.39 Å². The van der Waals surface area contributed by atoms with Crippen LogP contribution in [0.15, 0.2) is 47.4 Å². The number of aromatic nitrogens is 1. The van der Waals surface area contributed by atoms with Crippen LogP contribution in [-0.4, -0.2) is 33.5 Å². The molecule has 0 spiro atoms. The average Bonchev–Trinajstić information content (AvgIpc) is 2.88. The minimum Gasteiger partial charge on any atom is -0.490 e. The smallest absolute Gasteiger partial charge is 0.287 e. The van der Waals surface area contributed by atoms with Gasteiger partial charge in [-0.25, -0.2) is 4.39 Å². The topological polar surface area (TPSA) is 107 Å². The summed E-state index contributed by atoms with van der Waals surface area (Å²) in [6, 6.07) is 9.47. The molecule has 1 heterocycles. The van der Waals surface area contributed by atoms with E-state index in [1.807, 2.05) is 6.07 Å². The molecule has 9 heteroatoms. The van der Waals surface area contributed by atoms with E-state index in [0.717, 1.165) is 0 Å². The van der Waals surface area contributed by atoms with Gasteiger partial charge in [0.15, 0.2) is 0 Å². The minimum atomic E-state index is -1.15. The number of benzene rings is 2. The number of hydrogen-bond donors (Lipinski definition) is 2. The van der Waals surface area contributed by atoms with E-state index in [1.165, 1.54) is 29.7 Å². The van der Waals surface area contributed by atoms with Crippen LogP contribution in [-0.2, 0) is 22.2 Å². The van der Waals surface area contributed by atoms with Gasteiger partial charge in [-0.1, -0.05) is 6.07 Å². The van der Waals surface area contributed by atoms with E-state index >= 15 is 0 Å². The zero-order valence-electron chi connectivity index (χ0n) is 24.3. The first-order chi connectivity index (χ1) is 19.2. The molecule has 41 heavy (non-hydrogen) atoms. The summed E-state index contributed by atoms with van der Waals surface area (Å²) in [5.74, 6) is -0.125. The lowest BCUT2D eigenvalue weighted by Crippen LogP contribution is -2.42. The number of carbonyl (C=O) groups is 2. The third-order valence-electron chi connectivity index (χ3n) is 7.43. The predicted molar refractivity (Wildman–Crippen MR) is 154 cm³/mol. The van der Waals surface area contributed by atoms with Gasteiger partial charge in [0.05, 0.1) is 11.7 Å². The Morgan fingerprint density at radius 2 is 1.63 bits per heavy atom. The summed E-state index contributed by atoms with van der Waals surface area (Å²) in [6.45, 7) is 8.15. The van der Waals surface area contributed by atoms with Crippen LogP contribution < -0.4 is 20.3 Å². The van der Waals surface area contributed by atoms with Gasteiger partial charge in [-0.05, 0) is 94.3 Å². The first-order valence-electron chi connectivity index (χ1n) is 13.7. The van der Waals surface area contributed by atoms with E-state index in [1.54, 1.807) is 53.1 Å². The van der Waals surface area contributed by atoms with Crippen molar-refractivity contribution in [2.75, 3.05) is 0 Å². The van der Waals surface area contributed by atoms with Crippen molar-refractivity contribution in [1.29, 1.82) is 0 Å². The highest BCUT2D eigenvalue weighted by atomic mass is 19.1. The maximum absolute atomic E-state index is 14.0. The van der Waals surface area contributed by atoms with E-state index in [0.29, 0.717) is 70.7 Å². The summed E-state index contributed by atoms with van der Waals surface area (Å²) in [5.41, 5.74) is 1.68. The Morgan fingerprint density at radius 3 is 2.22 bits per heavy atom.